The molecule has 0 aromatic heterocycles. The standard InChI is InChI=1S/C12H20/c1-3-5-7-9-11-12-10-8-6-4-2/h1,11-12H,4-10H2,2H3/b12-11+. The molecule has 12 heavy (non-hydrogen) atoms. The van der Waals surface area contributed by atoms with E-state index in [2.05, 4.69) is 25.0 Å². The van der Waals surface area contributed by atoms with E-state index >= 15 is 0 Å². The van der Waals surface area contributed by atoms with Crippen LogP contribution in [0.2, 0.25) is 0 Å². The van der Waals surface area contributed by atoms with Gasteiger partial charge in [-0.3, -0.25) is 0 Å². The van der Waals surface area contributed by atoms with Crippen molar-refractivity contribution in [2.75, 3.05) is 0 Å². The summed E-state index contributed by atoms with van der Waals surface area (Å²) in [6, 6.07) is 0. The van der Waals surface area contributed by atoms with Crippen LogP contribution in [0.5, 0.6) is 0 Å². The van der Waals surface area contributed by atoms with Crippen LogP contribution in [0.25, 0.3) is 0 Å². The highest BCUT2D eigenvalue weighted by Gasteiger charge is 1.82. The molecule has 0 fully saturated rings. The van der Waals surface area contributed by atoms with Gasteiger partial charge in [0, 0.05) is 6.42 Å². The maximum absolute atomic E-state index is 5.13. The molecule has 0 unspecified atom stereocenters. The molecule has 0 nitrogen and oxygen atoms in total. The predicted octanol–water partition coefficient (Wildman–Crippen LogP) is 3.93. The number of rotatable bonds is 7. The topological polar surface area (TPSA) is 0 Å². The molecule has 0 spiro atoms. The van der Waals surface area contributed by atoms with Crippen molar-refractivity contribution in [1.29, 1.82) is 0 Å². The molecular weight excluding hydrogens is 144 g/mol. The molecule has 0 aliphatic rings. The van der Waals surface area contributed by atoms with E-state index in [4.69, 9.17) is 6.42 Å². The third-order valence-electron chi connectivity index (χ3n) is 1.83. The summed E-state index contributed by atoms with van der Waals surface area (Å²) in [5, 5.41) is 0. The normalized spacial score (nSPS) is 10.3. The van der Waals surface area contributed by atoms with Crippen LogP contribution in [0.15, 0.2) is 12.2 Å². The average Bonchev–Trinajstić information content (AvgIpc) is 2.10. The van der Waals surface area contributed by atoms with Crippen molar-refractivity contribution in [2.45, 2.75) is 51.9 Å². The highest BCUT2D eigenvalue weighted by Crippen LogP contribution is 2.01. The third-order valence-corrected chi connectivity index (χ3v) is 1.83. The van der Waals surface area contributed by atoms with E-state index in [9.17, 15) is 0 Å². The summed E-state index contributed by atoms with van der Waals surface area (Å²) in [5.74, 6) is 2.65. The molecule has 68 valence electrons. The molecule has 0 aromatic carbocycles. The van der Waals surface area contributed by atoms with Gasteiger partial charge in [0.1, 0.15) is 0 Å². The zero-order valence-electron chi connectivity index (χ0n) is 8.18. The van der Waals surface area contributed by atoms with Gasteiger partial charge in [0.2, 0.25) is 0 Å². The lowest BCUT2D eigenvalue weighted by molar-refractivity contribution is 0.727. The van der Waals surface area contributed by atoms with Gasteiger partial charge < -0.3 is 0 Å². The van der Waals surface area contributed by atoms with Gasteiger partial charge in [-0.05, 0) is 25.7 Å². The number of unbranched alkanes of at least 4 members (excludes halogenated alkanes) is 5. The van der Waals surface area contributed by atoms with E-state index in [0.29, 0.717) is 0 Å². The molecule has 0 saturated carbocycles. The summed E-state index contributed by atoms with van der Waals surface area (Å²) in [7, 11) is 0. The Bertz CT molecular complexity index is 137. The summed E-state index contributed by atoms with van der Waals surface area (Å²) in [6.45, 7) is 2.23. The van der Waals surface area contributed by atoms with E-state index in [1.54, 1.807) is 0 Å². The van der Waals surface area contributed by atoms with Gasteiger partial charge in [-0.2, -0.15) is 0 Å². The molecule has 0 bridgehead atoms. The molecule has 0 atom stereocenters. The Hall–Kier alpha value is -0.700. The Labute approximate surface area is 77.1 Å². The van der Waals surface area contributed by atoms with E-state index in [-0.39, 0.29) is 0 Å². The van der Waals surface area contributed by atoms with Gasteiger partial charge in [-0.25, -0.2) is 0 Å². The summed E-state index contributed by atoms with van der Waals surface area (Å²) in [4.78, 5) is 0. The fourth-order valence-electron chi connectivity index (χ4n) is 1.07. The van der Waals surface area contributed by atoms with Gasteiger partial charge in [-0.1, -0.05) is 31.9 Å². The van der Waals surface area contributed by atoms with Crippen LogP contribution < -0.4 is 0 Å². The van der Waals surface area contributed by atoms with Crippen molar-refractivity contribution in [2.24, 2.45) is 0 Å². The molecule has 0 saturated heterocycles. The Morgan fingerprint density at radius 3 is 2.33 bits per heavy atom. The molecule has 0 heterocycles. The second-order valence-corrected chi connectivity index (χ2v) is 3.06. The summed E-state index contributed by atoms with van der Waals surface area (Å²) < 4.78 is 0. The number of allylic oxidation sites excluding steroid dienone is 2. The Morgan fingerprint density at radius 2 is 1.75 bits per heavy atom. The van der Waals surface area contributed by atoms with E-state index in [0.717, 1.165) is 19.3 Å². The second kappa shape index (κ2) is 10.3. The average molecular weight is 164 g/mol. The first-order chi connectivity index (χ1) is 5.91. The van der Waals surface area contributed by atoms with Gasteiger partial charge in [-0.15, -0.1) is 12.3 Å². The monoisotopic (exact) mass is 164 g/mol. The maximum Gasteiger partial charge on any atom is 0.00890 e. The minimum Gasteiger partial charge on any atom is -0.120 e. The zero-order chi connectivity index (χ0) is 9.07. The maximum atomic E-state index is 5.13. The molecule has 0 radical (unpaired) electrons. The smallest absolute Gasteiger partial charge is 0.00890 e. The van der Waals surface area contributed by atoms with Crippen molar-refractivity contribution in [3.63, 3.8) is 0 Å². The number of terminal acetylenes is 1. The molecule has 0 aliphatic heterocycles. The van der Waals surface area contributed by atoms with Gasteiger partial charge in [0.15, 0.2) is 0 Å². The van der Waals surface area contributed by atoms with Gasteiger partial charge in [0.25, 0.3) is 0 Å². The fourth-order valence-corrected chi connectivity index (χ4v) is 1.07. The van der Waals surface area contributed by atoms with Gasteiger partial charge in [0.05, 0.1) is 0 Å². The van der Waals surface area contributed by atoms with Crippen LogP contribution in [0.4, 0.5) is 0 Å². The lowest BCUT2D eigenvalue weighted by atomic mass is 10.2. The SMILES string of the molecule is C#CCCC/C=C/CCCCC. The highest BCUT2D eigenvalue weighted by atomic mass is 13.9. The Balaban J connectivity index is 2.99. The molecule has 0 aliphatic carbocycles. The van der Waals surface area contributed by atoms with E-state index in [1.807, 2.05) is 0 Å². The van der Waals surface area contributed by atoms with Crippen LogP contribution in [-0.4, -0.2) is 0 Å². The van der Waals surface area contributed by atoms with Crippen LogP contribution in [-0.2, 0) is 0 Å². The summed E-state index contributed by atoms with van der Waals surface area (Å²) >= 11 is 0. The summed E-state index contributed by atoms with van der Waals surface area (Å²) in [6.07, 6.45) is 18.1. The summed E-state index contributed by atoms with van der Waals surface area (Å²) in [5.41, 5.74) is 0. The van der Waals surface area contributed by atoms with Crippen molar-refractivity contribution in [1.82, 2.24) is 0 Å². The third kappa shape index (κ3) is 9.30. The first kappa shape index (κ1) is 11.3. The van der Waals surface area contributed by atoms with Crippen LogP contribution in [0.1, 0.15) is 51.9 Å². The predicted molar refractivity (Wildman–Crippen MR) is 56.0 cm³/mol. The Morgan fingerprint density at radius 1 is 1.08 bits per heavy atom. The van der Waals surface area contributed by atoms with Crippen molar-refractivity contribution < 1.29 is 0 Å². The molecule has 0 rings (SSSR count). The quantitative estimate of drug-likeness (QED) is 0.304. The first-order valence-corrected chi connectivity index (χ1v) is 5.00. The first-order valence-electron chi connectivity index (χ1n) is 5.00. The largest absolute Gasteiger partial charge is 0.120 e. The van der Waals surface area contributed by atoms with Crippen molar-refractivity contribution in [3.05, 3.63) is 12.2 Å². The van der Waals surface area contributed by atoms with E-state index in [1.165, 1.54) is 25.7 Å². The molecule has 0 amide bonds. The highest BCUT2D eigenvalue weighted by molar-refractivity contribution is 4.86. The van der Waals surface area contributed by atoms with Crippen LogP contribution >= 0.6 is 0 Å². The molecule has 0 aromatic rings. The molecule has 0 N–H and O–H groups in total. The lowest BCUT2D eigenvalue weighted by Crippen LogP contribution is -1.72. The van der Waals surface area contributed by atoms with E-state index < -0.39 is 0 Å². The van der Waals surface area contributed by atoms with Gasteiger partial charge >= 0.3 is 0 Å². The lowest BCUT2D eigenvalue weighted by Gasteiger charge is -1.91. The number of hydrogen-bond acceptors (Lipinski definition) is 0. The molecule has 0 heteroatoms. The van der Waals surface area contributed by atoms with Crippen LogP contribution in [0, 0.1) is 12.3 Å². The number of hydrogen-bond donors (Lipinski definition) is 0. The zero-order valence-corrected chi connectivity index (χ0v) is 8.18. The fraction of sp³-hybridized carbons (Fsp3) is 0.667. The molecular formula is C12H20. The minimum atomic E-state index is 0.916. The Kier molecular flexibility index (Phi) is 9.70. The second-order valence-electron chi connectivity index (χ2n) is 3.06. The van der Waals surface area contributed by atoms with Crippen LogP contribution in [0.3, 0.4) is 0 Å². The van der Waals surface area contributed by atoms with Crippen molar-refractivity contribution >= 4 is 0 Å². The minimum absolute atomic E-state index is 0.916. The van der Waals surface area contributed by atoms with Crippen molar-refractivity contribution in [3.8, 4) is 12.3 Å².